The van der Waals surface area contributed by atoms with Crippen LogP contribution >= 0.6 is 0 Å². The predicted octanol–water partition coefficient (Wildman–Crippen LogP) is 2.86. The van der Waals surface area contributed by atoms with E-state index in [1.165, 1.54) is 0 Å². The summed E-state index contributed by atoms with van der Waals surface area (Å²) in [5.74, 6) is 0.198. The van der Waals surface area contributed by atoms with Crippen LogP contribution in [0.4, 0.5) is 0 Å². The van der Waals surface area contributed by atoms with Gasteiger partial charge in [-0.2, -0.15) is 8.42 Å². The van der Waals surface area contributed by atoms with Crippen LogP contribution in [0.2, 0.25) is 0 Å². The van der Waals surface area contributed by atoms with Crippen molar-refractivity contribution in [3.05, 3.63) is 0 Å². The van der Waals surface area contributed by atoms with Gasteiger partial charge in [-0.3, -0.25) is 4.18 Å². The number of hydrogen-bond acceptors (Lipinski definition) is 3. The third-order valence-electron chi connectivity index (χ3n) is 2.83. The van der Waals surface area contributed by atoms with Crippen molar-refractivity contribution in [1.29, 1.82) is 0 Å². The Bertz CT molecular complexity index is 253. The van der Waals surface area contributed by atoms with Gasteiger partial charge in [0.1, 0.15) is 0 Å². The molecule has 0 radical (unpaired) electrons. The van der Waals surface area contributed by atoms with E-state index in [1.54, 1.807) is 0 Å². The van der Waals surface area contributed by atoms with Crippen molar-refractivity contribution in [3.8, 4) is 0 Å². The van der Waals surface area contributed by atoms with Crippen LogP contribution in [0.3, 0.4) is 0 Å². The quantitative estimate of drug-likeness (QED) is 0.502. The third kappa shape index (κ3) is 5.52. The first-order chi connectivity index (χ1) is 7.14. The molecule has 0 N–H and O–H groups in total. The van der Waals surface area contributed by atoms with Gasteiger partial charge in [-0.15, -0.1) is 0 Å². The van der Waals surface area contributed by atoms with Gasteiger partial charge in [-0.05, 0) is 19.3 Å². The highest BCUT2D eigenvalue weighted by atomic mass is 32.2. The summed E-state index contributed by atoms with van der Waals surface area (Å²) in [5.41, 5.74) is 0. The van der Waals surface area contributed by atoms with Gasteiger partial charge in [-0.1, -0.05) is 39.0 Å². The lowest BCUT2D eigenvalue weighted by atomic mass is 10.2. The highest BCUT2D eigenvalue weighted by Gasteiger charge is 2.22. The second-order valence-corrected chi connectivity index (χ2v) is 6.04. The molecule has 1 rings (SSSR count). The SMILES string of the molecule is CCCCCCS(=O)(=O)OC1CCCC1. The normalized spacial score (nSPS) is 18.5. The molecule has 1 fully saturated rings. The van der Waals surface area contributed by atoms with Crippen LogP contribution in [0.5, 0.6) is 0 Å². The Labute approximate surface area is 93.3 Å². The molecule has 0 heterocycles. The Morgan fingerprint density at radius 2 is 1.80 bits per heavy atom. The summed E-state index contributed by atoms with van der Waals surface area (Å²) in [6.07, 6.45) is 7.98. The summed E-state index contributed by atoms with van der Waals surface area (Å²) < 4.78 is 28.2. The van der Waals surface area contributed by atoms with Crippen molar-refractivity contribution in [2.24, 2.45) is 0 Å². The molecule has 0 atom stereocenters. The Balaban J connectivity index is 2.19. The van der Waals surface area contributed by atoms with Crippen molar-refractivity contribution in [1.82, 2.24) is 0 Å². The molecule has 90 valence electrons. The summed E-state index contributed by atoms with van der Waals surface area (Å²) in [5, 5.41) is 0. The Morgan fingerprint density at radius 3 is 2.40 bits per heavy atom. The lowest BCUT2D eigenvalue weighted by Crippen LogP contribution is -2.18. The van der Waals surface area contributed by atoms with Gasteiger partial charge in [0.2, 0.25) is 0 Å². The first-order valence-corrected chi connectivity index (χ1v) is 7.63. The smallest absolute Gasteiger partial charge is 0.267 e. The highest BCUT2D eigenvalue weighted by Crippen LogP contribution is 2.23. The molecule has 4 heteroatoms. The van der Waals surface area contributed by atoms with Crippen LogP contribution in [-0.2, 0) is 14.3 Å². The zero-order chi connectivity index (χ0) is 11.1. The van der Waals surface area contributed by atoms with Crippen LogP contribution in [0.15, 0.2) is 0 Å². The monoisotopic (exact) mass is 234 g/mol. The van der Waals surface area contributed by atoms with Gasteiger partial charge in [0.15, 0.2) is 0 Å². The first kappa shape index (κ1) is 13.0. The van der Waals surface area contributed by atoms with Crippen LogP contribution in [0, 0.1) is 0 Å². The van der Waals surface area contributed by atoms with Crippen molar-refractivity contribution < 1.29 is 12.6 Å². The Kier molecular flexibility index (Phi) is 5.61. The van der Waals surface area contributed by atoms with E-state index in [-0.39, 0.29) is 11.9 Å². The van der Waals surface area contributed by atoms with Crippen LogP contribution < -0.4 is 0 Å². The molecule has 0 bridgehead atoms. The van der Waals surface area contributed by atoms with Gasteiger partial charge in [0, 0.05) is 0 Å². The molecule has 0 aromatic heterocycles. The summed E-state index contributed by atoms with van der Waals surface area (Å²) in [7, 11) is -3.25. The Hall–Kier alpha value is -0.0900. The summed E-state index contributed by atoms with van der Waals surface area (Å²) >= 11 is 0. The van der Waals surface area contributed by atoms with E-state index in [1.807, 2.05) is 0 Å². The minimum atomic E-state index is -3.25. The molecular weight excluding hydrogens is 212 g/mol. The van der Waals surface area contributed by atoms with E-state index in [4.69, 9.17) is 4.18 Å². The number of unbranched alkanes of at least 4 members (excludes halogenated alkanes) is 3. The molecule has 0 aliphatic heterocycles. The maximum Gasteiger partial charge on any atom is 0.267 e. The zero-order valence-electron chi connectivity index (χ0n) is 9.57. The minimum absolute atomic E-state index is 0.0267. The molecule has 1 saturated carbocycles. The summed E-state index contributed by atoms with van der Waals surface area (Å²) in [6.45, 7) is 2.11. The standard InChI is InChI=1S/C11H22O3S/c1-2-3-4-7-10-15(12,13)14-11-8-5-6-9-11/h11H,2-10H2,1H3. The van der Waals surface area contributed by atoms with Crippen molar-refractivity contribution in [3.63, 3.8) is 0 Å². The molecule has 0 aromatic carbocycles. The van der Waals surface area contributed by atoms with E-state index in [9.17, 15) is 8.42 Å². The fourth-order valence-corrected chi connectivity index (χ4v) is 3.21. The van der Waals surface area contributed by atoms with Crippen LogP contribution in [0.25, 0.3) is 0 Å². The molecule has 1 aliphatic rings. The Morgan fingerprint density at radius 1 is 1.13 bits per heavy atom. The second kappa shape index (κ2) is 6.48. The van der Waals surface area contributed by atoms with E-state index in [0.29, 0.717) is 0 Å². The average molecular weight is 234 g/mol. The lowest BCUT2D eigenvalue weighted by molar-refractivity contribution is 0.217. The van der Waals surface area contributed by atoms with Crippen molar-refractivity contribution in [2.45, 2.75) is 64.4 Å². The average Bonchev–Trinajstić information content (AvgIpc) is 2.64. The molecule has 0 spiro atoms. The topological polar surface area (TPSA) is 43.4 Å². The largest absolute Gasteiger partial charge is 0.267 e. The maximum atomic E-state index is 11.5. The van der Waals surface area contributed by atoms with Gasteiger partial charge in [-0.25, -0.2) is 0 Å². The molecule has 0 aromatic rings. The van der Waals surface area contributed by atoms with Crippen molar-refractivity contribution >= 4 is 10.1 Å². The van der Waals surface area contributed by atoms with Crippen LogP contribution in [-0.4, -0.2) is 20.3 Å². The molecule has 3 nitrogen and oxygen atoms in total. The molecular formula is C11H22O3S. The predicted molar refractivity (Wildman–Crippen MR) is 61.3 cm³/mol. The fraction of sp³-hybridized carbons (Fsp3) is 1.00. The number of hydrogen-bond donors (Lipinski definition) is 0. The van der Waals surface area contributed by atoms with Gasteiger partial charge < -0.3 is 0 Å². The zero-order valence-corrected chi connectivity index (χ0v) is 10.4. The first-order valence-electron chi connectivity index (χ1n) is 6.05. The summed E-state index contributed by atoms with van der Waals surface area (Å²) in [4.78, 5) is 0. The van der Waals surface area contributed by atoms with Crippen LogP contribution in [0.1, 0.15) is 58.3 Å². The van der Waals surface area contributed by atoms with Gasteiger partial charge in [0.05, 0.1) is 11.9 Å². The lowest BCUT2D eigenvalue weighted by Gasteiger charge is -2.10. The van der Waals surface area contributed by atoms with E-state index in [0.717, 1.165) is 51.4 Å². The third-order valence-corrected chi connectivity index (χ3v) is 4.19. The fourth-order valence-electron chi connectivity index (χ4n) is 1.95. The van der Waals surface area contributed by atoms with E-state index < -0.39 is 10.1 Å². The highest BCUT2D eigenvalue weighted by molar-refractivity contribution is 7.86. The number of rotatable bonds is 7. The van der Waals surface area contributed by atoms with Gasteiger partial charge >= 0.3 is 0 Å². The molecule has 0 unspecified atom stereocenters. The minimum Gasteiger partial charge on any atom is -0.267 e. The maximum absolute atomic E-state index is 11.5. The molecule has 0 amide bonds. The van der Waals surface area contributed by atoms with Crippen molar-refractivity contribution in [2.75, 3.05) is 5.75 Å². The second-order valence-electron chi connectivity index (χ2n) is 4.33. The summed E-state index contributed by atoms with van der Waals surface area (Å²) in [6, 6.07) is 0. The molecule has 15 heavy (non-hydrogen) atoms. The van der Waals surface area contributed by atoms with E-state index in [2.05, 4.69) is 6.92 Å². The van der Waals surface area contributed by atoms with Gasteiger partial charge in [0.25, 0.3) is 10.1 Å². The molecule has 0 saturated heterocycles. The van der Waals surface area contributed by atoms with E-state index >= 15 is 0 Å². The molecule has 1 aliphatic carbocycles.